The van der Waals surface area contributed by atoms with Gasteiger partial charge in [0.2, 0.25) is 0 Å². The zero-order valence-corrected chi connectivity index (χ0v) is 21.0. The number of non-ortho nitro benzene ring substituents is 1. The zero-order chi connectivity index (χ0) is 26.7. The Morgan fingerprint density at radius 2 is 1.54 bits per heavy atom. The van der Waals surface area contributed by atoms with Crippen LogP contribution in [0.2, 0.25) is 0 Å². The number of carbonyl (C=O) groups is 3. The summed E-state index contributed by atoms with van der Waals surface area (Å²) in [6.45, 7) is 2.57. The Labute approximate surface area is 214 Å². The Balaban J connectivity index is 1.34. The van der Waals surface area contributed by atoms with E-state index in [-0.39, 0.29) is 22.9 Å². The smallest absolute Gasteiger partial charge is 0.345 e. The standard InChI is InChI=1S/C27H30N2O8/c1-27(2,17-8-10-18(11-9-17)29(33)34)37-24(30)16-35-25(31)22-6-4-5-7-23(22)26(32)36-21-14-19-12-13-20(15-21)28(19)3/h4-11,19-21H,12-16H2,1-3H3. The predicted molar refractivity (Wildman–Crippen MR) is 132 cm³/mol. The van der Waals surface area contributed by atoms with Gasteiger partial charge in [0.1, 0.15) is 11.7 Å². The summed E-state index contributed by atoms with van der Waals surface area (Å²) in [5.41, 5.74) is -0.578. The number of hydrogen-bond acceptors (Lipinski definition) is 9. The van der Waals surface area contributed by atoms with E-state index in [4.69, 9.17) is 14.2 Å². The summed E-state index contributed by atoms with van der Waals surface area (Å²) in [7, 11) is 2.10. The minimum absolute atomic E-state index is 0.00540. The van der Waals surface area contributed by atoms with Crippen LogP contribution < -0.4 is 0 Å². The van der Waals surface area contributed by atoms with Crippen molar-refractivity contribution in [3.05, 3.63) is 75.3 Å². The van der Waals surface area contributed by atoms with E-state index in [2.05, 4.69) is 11.9 Å². The highest BCUT2D eigenvalue weighted by Gasteiger charge is 2.40. The molecule has 10 heteroatoms. The fourth-order valence-electron chi connectivity index (χ4n) is 5.07. The molecule has 4 rings (SSSR count). The van der Waals surface area contributed by atoms with Crippen LogP contribution in [0.15, 0.2) is 48.5 Å². The third-order valence-corrected chi connectivity index (χ3v) is 7.16. The first kappa shape index (κ1) is 26.3. The second-order valence-corrected chi connectivity index (χ2v) is 9.96. The second kappa shape index (κ2) is 10.7. The van der Waals surface area contributed by atoms with Gasteiger partial charge in [-0.3, -0.25) is 10.1 Å². The number of piperidine rings is 1. The molecular weight excluding hydrogens is 480 g/mol. The van der Waals surface area contributed by atoms with Crippen LogP contribution in [0.5, 0.6) is 0 Å². The number of ether oxygens (including phenoxy) is 3. The van der Waals surface area contributed by atoms with Crippen LogP contribution in [-0.4, -0.2) is 59.6 Å². The maximum Gasteiger partial charge on any atom is 0.345 e. The third kappa shape index (κ3) is 5.96. The first-order chi connectivity index (χ1) is 17.5. The van der Waals surface area contributed by atoms with Crippen LogP contribution in [0.25, 0.3) is 0 Å². The van der Waals surface area contributed by atoms with E-state index < -0.39 is 35.0 Å². The fraction of sp³-hybridized carbons (Fsp3) is 0.444. The average Bonchev–Trinajstić information content (AvgIpc) is 3.07. The molecule has 0 spiro atoms. The largest absolute Gasteiger partial charge is 0.459 e. The number of fused-ring (bicyclic) bond motifs is 2. The van der Waals surface area contributed by atoms with Gasteiger partial charge in [-0.1, -0.05) is 12.1 Å². The van der Waals surface area contributed by atoms with Crippen molar-refractivity contribution < 1.29 is 33.5 Å². The van der Waals surface area contributed by atoms with Crippen molar-refractivity contribution in [1.29, 1.82) is 0 Å². The van der Waals surface area contributed by atoms with Crippen molar-refractivity contribution in [2.45, 2.75) is 63.3 Å². The van der Waals surface area contributed by atoms with Crippen LogP contribution in [0.3, 0.4) is 0 Å². The fourth-order valence-corrected chi connectivity index (χ4v) is 5.07. The number of nitro groups is 1. The molecule has 0 radical (unpaired) electrons. The van der Waals surface area contributed by atoms with Gasteiger partial charge in [0, 0.05) is 37.1 Å². The number of nitro benzene ring substituents is 1. The molecule has 2 aromatic carbocycles. The molecule has 2 fully saturated rings. The number of hydrogen-bond donors (Lipinski definition) is 0. The maximum absolute atomic E-state index is 12.9. The predicted octanol–water partition coefficient (Wildman–Crippen LogP) is 4.01. The van der Waals surface area contributed by atoms with Gasteiger partial charge in [0.25, 0.3) is 5.69 Å². The molecule has 0 N–H and O–H groups in total. The summed E-state index contributed by atoms with van der Waals surface area (Å²) in [5.74, 6) is -2.25. The SMILES string of the molecule is CN1C2CCC1CC(OC(=O)c1ccccc1C(=O)OCC(=O)OC(C)(C)c1ccc([N+](=O)[O-])cc1)C2. The molecule has 2 aliphatic heterocycles. The lowest BCUT2D eigenvalue weighted by molar-refractivity contribution is -0.384. The third-order valence-electron chi connectivity index (χ3n) is 7.16. The highest BCUT2D eigenvalue weighted by atomic mass is 16.6. The number of nitrogens with zero attached hydrogens (tertiary/aromatic N) is 2. The molecule has 0 saturated carbocycles. The molecule has 0 aromatic heterocycles. The lowest BCUT2D eigenvalue weighted by Gasteiger charge is -2.35. The summed E-state index contributed by atoms with van der Waals surface area (Å²) in [6, 6.07) is 12.6. The van der Waals surface area contributed by atoms with Crippen LogP contribution in [0.4, 0.5) is 5.69 Å². The summed E-state index contributed by atoms with van der Waals surface area (Å²) < 4.78 is 16.3. The Bertz CT molecular complexity index is 1180. The van der Waals surface area contributed by atoms with Crippen molar-refractivity contribution in [3.8, 4) is 0 Å². The highest BCUT2D eigenvalue weighted by molar-refractivity contribution is 6.03. The van der Waals surface area contributed by atoms with Crippen molar-refractivity contribution in [2.24, 2.45) is 0 Å². The monoisotopic (exact) mass is 510 g/mol. The number of carbonyl (C=O) groups excluding carboxylic acids is 3. The van der Waals surface area contributed by atoms with Crippen LogP contribution in [-0.2, 0) is 24.6 Å². The van der Waals surface area contributed by atoms with E-state index in [9.17, 15) is 24.5 Å². The van der Waals surface area contributed by atoms with Crippen LogP contribution in [0.1, 0.15) is 65.8 Å². The van der Waals surface area contributed by atoms with Gasteiger partial charge in [-0.2, -0.15) is 0 Å². The normalized spacial score (nSPS) is 21.2. The molecule has 2 unspecified atom stereocenters. The maximum atomic E-state index is 12.9. The molecule has 196 valence electrons. The summed E-state index contributed by atoms with van der Waals surface area (Å²) >= 11 is 0. The zero-order valence-electron chi connectivity index (χ0n) is 21.0. The van der Waals surface area contributed by atoms with Crippen molar-refractivity contribution >= 4 is 23.6 Å². The second-order valence-electron chi connectivity index (χ2n) is 9.96. The minimum Gasteiger partial charge on any atom is -0.459 e. The quantitative estimate of drug-likeness (QED) is 0.224. The van der Waals surface area contributed by atoms with Crippen LogP contribution in [0, 0.1) is 10.1 Å². The van der Waals surface area contributed by atoms with Gasteiger partial charge in [0.15, 0.2) is 6.61 Å². The number of benzene rings is 2. The van der Waals surface area contributed by atoms with E-state index in [0.29, 0.717) is 17.6 Å². The molecule has 2 heterocycles. The van der Waals surface area contributed by atoms with Gasteiger partial charge >= 0.3 is 17.9 Å². The molecule has 37 heavy (non-hydrogen) atoms. The molecule has 0 amide bonds. The molecule has 2 atom stereocenters. The van der Waals surface area contributed by atoms with E-state index >= 15 is 0 Å². The lowest BCUT2D eigenvalue weighted by atomic mass is 9.98. The van der Waals surface area contributed by atoms with E-state index in [1.165, 1.54) is 36.4 Å². The van der Waals surface area contributed by atoms with Crippen molar-refractivity contribution in [2.75, 3.05) is 13.7 Å². The summed E-state index contributed by atoms with van der Waals surface area (Å²) in [4.78, 5) is 50.8. The summed E-state index contributed by atoms with van der Waals surface area (Å²) in [6.07, 6.45) is 3.51. The molecular formula is C27H30N2O8. The topological polar surface area (TPSA) is 125 Å². The summed E-state index contributed by atoms with van der Waals surface area (Å²) in [5, 5.41) is 10.9. The van der Waals surface area contributed by atoms with E-state index in [0.717, 1.165) is 25.7 Å². The molecule has 2 aromatic rings. The molecule has 0 aliphatic carbocycles. The Kier molecular flexibility index (Phi) is 7.58. The average molecular weight is 511 g/mol. The Morgan fingerprint density at radius 1 is 0.973 bits per heavy atom. The van der Waals surface area contributed by atoms with Gasteiger partial charge in [-0.15, -0.1) is 0 Å². The number of rotatable bonds is 8. The van der Waals surface area contributed by atoms with Crippen molar-refractivity contribution in [1.82, 2.24) is 4.90 Å². The van der Waals surface area contributed by atoms with E-state index in [1.54, 1.807) is 26.0 Å². The molecule has 2 bridgehead atoms. The lowest BCUT2D eigenvalue weighted by Crippen LogP contribution is -2.43. The first-order valence-corrected chi connectivity index (χ1v) is 12.2. The van der Waals surface area contributed by atoms with Gasteiger partial charge < -0.3 is 19.1 Å². The van der Waals surface area contributed by atoms with Crippen molar-refractivity contribution in [3.63, 3.8) is 0 Å². The van der Waals surface area contributed by atoms with Gasteiger partial charge in [-0.25, -0.2) is 14.4 Å². The molecule has 10 nitrogen and oxygen atoms in total. The minimum atomic E-state index is -1.12. The Morgan fingerprint density at radius 3 is 2.11 bits per heavy atom. The van der Waals surface area contributed by atoms with Crippen LogP contribution >= 0.6 is 0 Å². The highest BCUT2D eigenvalue weighted by Crippen LogP contribution is 2.36. The van der Waals surface area contributed by atoms with Gasteiger partial charge in [0.05, 0.1) is 16.1 Å². The molecule has 2 saturated heterocycles. The molecule has 2 aliphatic rings. The van der Waals surface area contributed by atoms with Gasteiger partial charge in [-0.05, 0) is 63.6 Å². The Hall–Kier alpha value is -3.79. The number of esters is 3. The van der Waals surface area contributed by atoms with E-state index in [1.807, 2.05) is 0 Å². The first-order valence-electron chi connectivity index (χ1n) is 12.2.